The maximum Gasteiger partial charge on any atom is 0.291 e. The summed E-state index contributed by atoms with van der Waals surface area (Å²) in [6, 6.07) is 7.35. The van der Waals surface area contributed by atoms with Gasteiger partial charge in [-0.25, -0.2) is 0 Å². The van der Waals surface area contributed by atoms with Gasteiger partial charge in [0, 0.05) is 5.57 Å². The number of Topliss-reactive ketones (excluding diaryl/α,β-unsaturated/α-hetero) is 1. The molecule has 0 aromatic heterocycles. The van der Waals surface area contributed by atoms with Crippen LogP contribution in [0.2, 0.25) is 0 Å². The molecule has 2 fully saturated rings. The first-order valence-corrected chi connectivity index (χ1v) is 9.18. The quantitative estimate of drug-likeness (QED) is 0.802. The molecule has 4 aliphatic carbocycles. The molecule has 1 N–H and O–H groups in total. The number of hydrogen-bond donors (Lipinski definition) is 1. The Morgan fingerprint density at radius 2 is 1.65 bits per heavy atom. The van der Waals surface area contributed by atoms with Crippen molar-refractivity contribution in [2.75, 3.05) is 0 Å². The number of ketones is 1. The lowest BCUT2D eigenvalue weighted by Crippen LogP contribution is -2.40. The van der Waals surface area contributed by atoms with Crippen LogP contribution >= 0.6 is 0 Å². The number of benzene rings is 1. The van der Waals surface area contributed by atoms with Crippen LogP contribution in [0.25, 0.3) is 12.2 Å². The average molecular weight is 330 g/mol. The summed E-state index contributed by atoms with van der Waals surface area (Å²) in [4.78, 5) is 13.1. The molecule has 0 amide bonds. The van der Waals surface area contributed by atoms with Crippen LogP contribution in [-0.4, -0.2) is 18.8 Å². The van der Waals surface area contributed by atoms with Crippen molar-refractivity contribution >= 4 is 28.1 Å². The largest absolute Gasteiger partial charge is 0.293 e. The minimum atomic E-state index is -4.48. The minimum absolute atomic E-state index is 0.0107. The molecule has 1 aromatic rings. The molecule has 5 bridgehead atoms. The average Bonchev–Trinajstić information content (AvgIpc) is 2.78. The fraction of sp³-hybridized carbons (Fsp3) is 0.389. The second-order valence-corrected chi connectivity index (χ2v) is 8.69. The van der Waals surface area contributed by atoms with Crippen LogP contribution in [0.1, 0.15) is 37.8 Å². The fourth-order valence-electron chi connectivity index (χ4n) is 4.85. The Balaban J connectivity index is 2.16. The molecule has 0 heterocycles. The lowest BCUT2D eigenvalue weighted by Gasteiger charge is -2.36. The topological polar surface area (TPSA) is 71.4 Å². The van der Waals surface area contributed by atoms with Crippen molar-refractivity contribution in [1.82, 2.24) is 0 Å². The maximum absolute atomic E-state index is 13.2. The Bertz CT molecular complexity index is 887. The predicted octanol–water partition coefficient (Wildman–Crippen LogP) is 3.32. The number of hydrogen-bond acceptors (Lipinski definition) is 3. The fourth-order valence-corrected chi connectivity index (χ4v) is 6.04. The smallest absolute Gasteiger partial charge is 0.291 e. The highest BCUT2D eigenvalue weighted by Gasteiger charge is 2.69. The second-order valence-electron chi connectivity index (χ2n) is 7.30. The Kier molecular flexibility index (Phi) is 2.72. The summed E-state index contributed by atoms with van der Waals surface area (Å²) in [6.07, 6.45) is 4.57. The normalized spacial score (nSPS) is 31.1. The summed E-state index contributed by atoms with van der Waals surface area (Å²) in [5.74, 6) is -0.137. The van der Waals surface area contributed by atoms with Gasteiger partial charge in [0.15, 0.2) is 5.78 Å². The van der Waals surface area contributed by atoms with E-state index in [4.69, 9.17) is 0 Å². The van der Waals surface area contributed by atoms with E-state index in [9.17, 15) is 17.8 Å². The van der Waals surface area contributed by atoms with Crippen LogP contribution in [0, 0.1) is 16.7 Å². The zero-order valence-electron chi connectivity index (χ0n) is 13.0. The van der Waals surface area contributed by atoms with E-state index in [1.54, 1.807) is 0 Å². The van der Waals surface area contributed by atoms with E-state index in [1.165, 1.54) is 6.08 Å². The van der Waals surface area contributed by atoms with Crippen molar-refractivity contribution in [1.29, 1.82) is 0 Å². The van der Waals surface area contributed by atoms with E-state index in [1.807, 2.05) is 44.2 Å². The maximum atomic E-state index is 13.2. The zero-order chi connectivity index (χ0) is 16.6. The summed E-state index contributed by atoms with van der Waals surface area (Å²) < 4.78 is 34.3. The summed E-state index contributed by atoms with van der Waals surface area (Å²) in [5.41, 5.74) is 0.600. The monoisotopic (exact) mass is 330 g/mol. The molecule has 0 aliphatic heterocycles. The molecule has 5 heteroatoms. The number of allylic oxidation sites excluding steroid dienone is 2. The third-order valence-corrected chi connectivity index (χ3v) is 7.08. The number of carbonyl (C=O) groups is 1. The zero-order valence-corrected chi connectivity index (χ0v) is 13.9. The van der Waals surface area contributed by atoms with E-state index in [2.05, 4.69) is 0 Å². The second kappa shape index (κ2) is 4.22. The number of carbonyl (C=O) groups excluding carboxylic acids is 1. The van der Waals surface area contributed by atoms with E-state index < -0.39 is 20.9 Å². The van der Waals surface area contributed by atoms with Crippen LogP contribution < -0.4 is 0 Å². The van der Waals surface area contributed by atoms with Gasteiger partial charge in [0.25, 0.3) is 10.1 Å². The third-order valence-electron chi connectivity index (χ3n) is 6.06. The number of fused-ring (bicyclic) bond motifs is 3. The van der Waals surface area contributed by atoms with Crippen molar-refractivity contribution in [3.05, 3.63) is 45.9 Å². The lowest BCUT2D eigenvalue weighted by atomic mass is 9.68. The molecular formula is C18H18O4S. The molecule has 2 atom stereocenters. The first-order valence-electron chi connectivity index (χ1n) is 7.74. The van der Waals surface area contributed by atoms with Gasteiger partial charge >= 0.3 is 0 Å². The molecule has 5 rings (SSSR count). The van der Waals surface area contributed by atoms with Crippen molar-refractivity contribution in [3.8, 4) is 0 Å². The highest BCUT2D eigenvalue weighted by molar-refractivity contribution is 7.90. The van der Waals surface area contributed by atoms with Gasteiger partial charge in [0.1, 0.15) is 0 Å². The van der Waals surface area contributed by atoms with Crippen LogP contribution in [0.3, 0.4) is 0 Å². The molecule has 1 aromatic carbocycles. The van der Waals surface area contributed by atoms with Gasteiger partial charge in [-0.05, 0) is 47.5 Å². The first-order chi connectivity index (χ1) is 10.7. The van der Waals surface area contributed by atoms with Gasteiger partial charge in [-0.3, -0.25) is 9.35 Å². The summed E-state index contributed by atoms with van der Waals surface area (Å²) in [5, 5.41) is 0. The van der Waals surface area contributed by atoms with Gasteiger partial charge in [-0.15, -0.1) is 0 Å². The molecule has 4 aliphatic rings. The molecular weight excluding hydrogens is 312 g/mol. The predicted molar refractivity (Wildman–Crippen MR) is 87.9 cm³/mol. The van der Waals surface area contributed by atoms with Gasteiger partial charge in [0.2, 0.25) is 0 Å². The van der Waals surface area contributed by atoms with Gasteiger partial charge in [-0.1, -0.05) is 38.1 Å². The van der Waals surface area contributed by atoms with Gasteiger partial charge < -0.3 is 0 Å². The van der Waals surface area contributed by atoms with Crippen molar-refractivity contribution < 1.29 is 17.8 Å². The van der Waals surface area contributed by atoms with Crippen LogP contribution in [-0.2, 0) is 14.9 Å². The standard InChI is InChI=1S/C18H18O4S/c1-17(2)14-7-8-18(17)15(23(20,21)22)10-12-5-3-11(4-6-12)9-13(14)16(18)19/h3-6,9-10,14H,7-8H2,1-2H3,(H,20,21,22). The molecule has 0 radical (unpaired) electrons. The Hall–Kier alpha value is -1.72. The third kappa shape index (κ3) is 1.69. The highest BCUT2D eigenvalue weighted by atomic mass is 32.2. The minimum Gasteiger partial charge on any atom is -0.293 e. The van der Waals surface area contributed by atoms with Crippen LogP contribution in [0.15, 0.2) is 34.7 Å². The Morgan fingerprint density at radius 3 is 2.22 bits per heavy atom. The van der Waals surface area contributed by atoms with E-state index in [0.29, 0.717) is 17.6 Å². The van der Waals surface area contributed by atoms with E-state index >= 15 is 0 Å². The van der Waals surface area contributed by atoms with Crippen molar-refractivity contribution in [2.24, 2.45) is 16.7 Å². The van der Waals surface area contributed by atoms with Crippen LogP contribution in [0.5, 0.6) is 0 Å². The molecule has 120 valence electrons. The first kappa shape index (κ1) is 14.8. The van der Waals surface area contributed by atoms with Crippen molar-refractivity contribution in [3.63, 3.8) is 0 Å². The molecule has 23 heavy (non-hydrogen) atoms. The van der Waals surface area contributed by atoms with Crippen molar-refractivity contribution in [2.45, 2.75) is 26.7 Å². The van der Waals surface area contributed by atoms with Gasteiger partial charge in [-0.2, -0.15) is 8.42 Å². The Morgan fingerprint density at radius 1 is 1.09 bits per heavy atom. The van der Waals surface area contributed by atoms with Crippen LogP contribution in [0.4, 0.5) is 0 Å². The van der Waals surface area contributed by atoms with Gasteiger partial charge in [0.05, 0.1) is 10.3 Å². The van der Waals surface area contributed by atoms with E-state index in [0.717, 1.165) is 12.0 Å². The number of rotatable bonds is 1. The lowest BCUT2D eigenvalue weighted by molar-refractivity contribution is -0.123. The molecule has 4 nitrogen and oxygen atoms in total. The summed E-state index contributed by atoms with van der Waals surface area (Å²) in [6.45, 7) is 3.89. The highest BCUT2D eigenvalue weighted by Crippen LogP contribution is 2.69. The Labute approximate surface area is 135 Å². The summed E-state index contributed by atoms with van der Waals surface area (Å²) in [7, 11) is -4.48. The van der Waals surface area contributed by atoms with E-state index in [-0.39, 0.29) is 16.6 Å². The molecule has 2 saturated carbocycles. The summed E-state index contributed by atoms with van der Waals surface area (Å²) >= 11 is 0. The SMILES string of the molecule is CC1(C)C2CCC13C(=O)C2=Cc1ccc(cc1)C=C3S(=O)(=O)O. The molecule has 0 saturated heterocycles. The molecule has 1 spiro atoms. The molecule has 2 unspecified atom stereocenters.